The number of nitrogens with zero attached hydrogens (tertiary/aromatic N) is 3. The SMILES string of the molecule is Cc1ccc2[nH]cc([C@H](C(=O)O)N3CCN(CC(=O)N4CCOCC4)CC3)c2c1. The molecule has 1 aromatic heterocycles. The number of benzene rings is 1. The van der Waals surface area contributed by atoms with Crippen molar-refractivity contribution in [1.29, 1.82) is 0 Å². The second-order valence-corrected chi connectivity index (χ2v) is 7.84. The predicted octanol–water partition coefficient (Wildman–Crippen LogP) is 1.08. The van der Waals surface area contributed by atoms with Gasteiger partial charge in [-0.05, 0) is 19.1 Å². The topological polar surface area (TPSA) is 89.1 Å². The molecule has 2 aliphatic heterocycles. The number of nitrogens with one attached hydrogen (secondary N) is 1. The lowest BCUT2D eigenvalue weighted by molar-refractivity contribution is -0.145. The van der Waals surface area contributed by atoms with E-state index in [0.29, 0.717) is 59.0 Å². The summed E-state index contributed by atoms with van der Waals surface area (Å²) in [7, 11) is 0. The molecule has 2 aliphatic rings. The largest absolute Gasteiger partial charge is 0.480 e. The number of hydrogen-bond acceptors (Lipinski definition) is 5. The molecule has 2 saturated heterocycles. The first-order valence-corrected chi connectivity index (χ1v) is 10.2. The average molecular weight is 400 g/mol. The third-order valence-electron chi connectivity index (χ3n) is 5.89. The number of hydrogen-bond donors (Lipinski definition) is 2. The summed E-state index contributed by atoms with van der Waals surface area (Å²) >= 11 is 0. The zero-order valence-corrected chi connectivity index (χ0v) is 16.8. The van der Waals surface area contributed by atoms with Crippen LogP contribution in [-0.2, 0) is 14.3 Å². The van der Waals surface area contributed by atoms with E-state index < -0.39 is 12.0 Å². The van der Waals surface area contributed by atoms with E-state index in [0.717, 1.165) is 22.0 Å². The standard InChI is InChI=1S/C21H28N4O4/c1-15-2-3-18-16(12-15)17(13-22-18)20(21(27)28)25-6-4-23(5-7-25)14-19(26)24-8-10-29-11-9-24/h2-3,12-13,20,22H,4-11,14H2,1H3,(H,27,28)/t20-/m1/s1. The van der Waals surface area contributed by atoms with Crippen molar-refractivity contribution < 1.29 is 19.4 Å². The molecule has 1 amide bonds. The molecule has 0 unspecified atom stereocenters. The normalized spacial score (nSPS) is 20.1. The summed E-state index contributed by atoms with van der Waals surface area (Å²) in [5.41, 5.74) is 2.86. The maximum absolute atomic E-state index is 12.5. The highest BCUT2D eigenvalue weighted by molar-refractivity contribution is 5.89. The van der Waals surface area contributed by atoms with Gasteiger partial charge in [0.1, 0.15) is 6.04 Å². The second-order valence-electron chi connectivity index (χ2n) is 7.84. The Kier molecular flexibility index (Phi) is 5.84. The fraction of sp³-hybridized carbons (Fsp3) is 0.524. The molecule has 3 heterocycles. The fourth-order valence-electron chi connectivity index (χ4n) is 4.25. The molecule has 2 fully saturated rings. The van der Waals surface area contributed by atoms with Crippen molar-refractivity contribution in [1.82, 2.24) is 19.7 Å². The zero-order valence-electron chi connectivity index (χ0n) is 16.8. The number of amides is 1. The van der Waals surface area contributed by atoms with Crippen LogP contribution >= 0.6 is 0 Å². The monoisotopic (exact) mass is 400 g/mol. The molecule has 29 heavy (non-hydrogen) atoms. The van der Waals surface area contributed by atoms with E-state index in [1.165, 1.54) is 0 Å². The van der Waals surface area contributed by atoms with Gasteiger partial charge in [0.2, 0.25) is 5.91 Å². The summed E-state index contributed by atoms with van der Waals surface area (Å²) in [6.45, 7) is 7.50. The maximum atomic E-state index is 12.5. The number of aromatic amines is 1. The number of rotatable bonds is 5. The van der Waals surface area contributed by atoms with Crippen LogP contribution in [0.3, 0.4) is 0 Å². The third-order valence-corrected chi connectivity index (χ3v) is 5.89. The van der Waals surface area contributed by atoms with Crippen molar-refractivity contribution in [3.63, 3.8) is 0 Å². The fourth-order valence-corrected chi connectivity index (χ4v) is 4.25. The van der Waals surface area contributed by atoms with E-state index in [-0.39, 0.29) is 5.91 Å². The first-order chi connectivity index (χ1) is 14.0. The highest BCUT2D eigenvalue weighted by atomic mass is 16.5. The second kappa shape index (κ2) is 8.52. The minimum Gasteiger partial charge on any atom is -0.480 e. The molecule has 0 radical (unpaired) electrons. The number of aliphatic carboxylic acids is 1. The van der Waals surface area contributed by atoms with E-state index in [2.05, 4.69) is 9.88 Å². The molecule has 0 bridgehead atoms. The first kappa shape index (κ1) is 19.9. The first-order valence-electron chi connectivity index (χ1n) is 10.2. The van der Waals surface area contributed by atoms with Gasteiger partial charge in [-0.3, -0.25) is 19.4 Å². The number of carboxylic acid groups (broad SMARTS) is 1. The van der Waals surface area contributed by atoms with Gasteiger partial charge in [0.05, 0.1) is 19.8 Å². The molecule has 1 atom stereocenters. The van der Waals surface area contributed by atoms with E-state index in [4.69, 9.17) is 4.74 Å². The van der Waals surface area contributed by atoms with Crippen molar-refractivity contribution in [3.05, 3.63) is 35.5 Å². The van der Waals surface area contributed by atoms with Crippen molar-refractivity contribution >= 4 is 22.8 Å². The van der Waals surface area contributed by atoms with Crippen LogP contribution in [0.4, 0.5) is 0 Å². The van der Waals surface area contributed by atoms with Gasteiger partial charge >= 0.3 is 5.97 Å². The number of aromatic nitrogens is 1. The van der Waals surface area contributed by atoms with E-state index >= 15 is 0 Å². The predicted molar refractivity (Wildman–Crippen MR) is 109 cm³/mol. The summed E-state index contributed by atoms with van der Waals surface area (Å²) in [5.74, 6) is -0.714. The molecule has 4 rings (SSSR count). The van der Waals surface area contributed by atoms with Crippen molar-refractivity contribution in [2.75, 3.05) is 59.0 Å². The number of carbonyl (C=O) groups is 2. The Morgan fingerprint density at radius 2 is 1.86 bits per heavy atom. The van der Waals surface area contributed by atoms with Crippen LogP contribution in [-0.4, -0.2) is 95.7 Å². The van der Waals surface area contributed by atoms with Crippen LogP contribution in [0.25, 0.3) is 10.9 Å². The Bertz CT molecular complexity index is 882. The summed E-state index contributed by atoms with van der Waals surface area (Å²) in [6, 6.07) is 5.35. The minimum atomic E-state index is -0.842. The maximum Gasteiger partial charge on any atom is 0.325 e. The summed E-state index contributed by atoms with van der Waals surface area (Å²) in [5, 5.41) is 10.9. The number of carboxylic acids is 1. The smallest absolute Gasteiger partial charge is 0.325 e. The van der Waals surface area contributed by atoms with Crippen LogP contribution < -0.4 is 0 Å². The Hall–Kier alpha value is -2.42. The van der Waals surface area contributed by atoms with Crippen molar-refractivity contribution in [2.24, 2.45) is 0 Å². The van der Waals surface area contributed by atoms with Gasteiger partial charge in [-0.15, -0.1) is 0 Å². The molecular formula is C21H28N4O4. The van der Waals surface area contributed by atoms with Gasteiger partial charge in [-0.25, -0.2) is 0 Å². The van der Waals surface area contributed by atoms with Gasteiger partial charge in [0, 0.05) is 61.9 Å². The van der Waals surface area contributed by atoms with E-state index in [9.17, 15) is 14.7 Å². The quantitative estimate of drug-likeness (QED) is 0.781. The number of ether oxygens (including phenoxy) is 1. The lowest BCUT2D eigenvalue weighted by Gasteiger charge is -2.38. The summed E-state index contributed by atoms with van der Waals surface area (Å²) in [4.78, 5) is 33.8. The van der Waals surface area contributed by atoms with Crippen molar-refractivity contribution in [2.45, 2.75) is 13.0 Å². The summed E-state index contributed by atoms with van der Waals surface area (Å²) in [6.07, 6.45) is 1.82. The summed E-state index contributed by atoms with van der Waals surface area (Å²) < 4.78 is 5.30. The number of piperazine rings is 1. The zero-order chi connectivity index (χ0) is 20.4. The molecule has 0 aliphatic carbocycles. The minimum absolute atomic E-state index is 0.128. The Balaban J connectivity index is 1.42. The Labute approximate surface area is 170 Å². The van der Waals surface area contributed by atoms with Crippen LogP contribution in [0, 0.1) is 6.92 Å². The van der Waals surface area contributed by atoms with Crippen LogP contribution in [0.15, 0.2) is 24.4 Å². The molecule has 8 nitrogen and oxygen atoms in total. The van der Waals surface area contributed by atoms with Gasteiger partial charge < -0.3 is 19.7 Å². The van der Waals surface area contributed by atoms with Gasteiger partial charge in [-0.2, -0.15) is 0 Å². The molecule has 0 spiro atoms. The van der Waals surface area contributed by atoms with E-state index in [1.807, 2.05) is 41.1 Å². The molecule has 1 aromatic carbocycles. The Morgan fingerprint density at radius 1 is 1.14 bits per heavy atom. The average Bonchev–Trinajstić information content (AvgIpc) is 3.12. The number of carbonyl (C=O) groups excluding carboxylic acids is 1. The highest BCUT2D eigenvalue weighted by Gasteiger charge is 2.33. The van der Waals surface area contributed by atoms with E-state index in [1.54, 1.807) is 0 Å². The van der Waals surface area contributed by atoms with Gasteiger partial charge in [0.15, 0.2) is 0 Å². The van der Waals surface area contributed by atoms with Crippen LogP contribution in [0.2, 0.25) is 0 Å². The number of morpholine rings is 1. The molecule has 156 valence electrons. The number of H-pyrrole nitrogens is 1. The lowest BCUT2D eigenvalue weighted by atomic mass is 10.0. The third kappa shape index (κ3) is 4.29. The lowest BCUT2D eigenvalue weighted by Crippen LogP contribution is -2.52. The molecule has 8 heteroatoms. The molecular weight excluding hydrogens is 372 g/mol. The van der Waals surface area contributed by atoms with Gasteiger partial charge in [-0.1, -0.05) is 11.6 Å². The number of aryl methyl sites for hydroxylation is 1. The van der Waals surface area contributed by atoms with Crippen LogP contribution in [0.5, 0.6) is 0 Å². The Morgan fingerprint density at radius 3 is 2.55 bits per heavy atom. The highest BCUT2D eigenvalue weighted by Crippen LogP contribution is 2.30. The molecule has 2 N–H and O–H groups in total. The molecule has 0 saturated carbocycles. The number of fused-ring (bicyclic) bond motifs is 1. The van der Waals surface area contributed by atoms with Crippen LogP contribution in [0.1, 0.15) is 17.2 Å². The van der Waals surface area contributed by atoms with Crippen molar-refractivity contribution in [3.8, 4) is 0 Å². The van der Waals surface area contributed by atoms with Gasteiger partial charge in [0.25, 0.3) is 0 Å². The molecule has 2 aromatic rings.